The first-order chi connectivity index (χ1) is 9.79. The van der Waals surface area contributed by atoms with Crippen molar-refractivity contribution in [2.45, 2.75) is 32.7 Å². The van der Waals surface area contributed by atoms with E-state index in [2.05, 4.69) is 26.0 Å². The molecule has 5 nitrogen and oxygen atoms in total. The molecular formula is C15H20BrNO4. The number of rotatable bonds is 6. The summed E-state index contributed by atoms with van der Waals surface area (Å²) in [4.78, 5) is 23.2. The Bertz CT molecular complexity index is 528. The van der Waals surface area contributed by atoms with Gasteiger partial charge in [-0.15, -0.1) is 0 Å². The van der Waals surface area contributed by atoms with Crippen LogP contribution in [-0.4, -0.2) is 31.1 Å². The lowest BCUT2D eigenvalue weighted by atomic mass is 10.0. The number of benzene rings is 1. The maximum absolute atomic E-state index is 11.8. The molecular weight excluding hydrogens is 338 g/mol. The Hall–Kier alpha value is -1.56. The zero-order valence-corrected chi connectivity index (χ0v) is 14.2. The monoisotopic (exact) mass is 357 g/mol. The molecule has 1 aromatic rings. The third kappa shape index (κ3) is 5.38. The van der Waals surface area contributed by atoms with Crippen LogP contribution in [0.25, 0.3) is 0 Å². The SMILES string of the molecule is CCC(C)(C)NC(=O)COc1ccc(C(=O)OC)cc1Br. The van der Waals surface area contributed by atoms with Gasteiger partial charge in [-0.25, -0.2) is 4.79 Å². The molecule has 0 fully saturated rings. The van der Waals surface area contributed by atoms with Crippen molar-refractivity contribution >= 4 is 27.8 Å². The molecule has 0 heterocycles. The first-order valence-electron chi connectivity index (χ1n) is 6.60. The molecule has 21 heavy (non-hydrogen) atoms. The Labute approximate surface area is 133 Å². The average molecular weight is 358 g/mol. The molecule has 0 aliphatic heterocycles. The molecule has 0 aliphatic carbocycles. The molecule has 0 radical (unpaired) electrons. The van der Waals surface area contributed by atoms with Gasteiger partial charge in [0.2, 0.25) is 0 Å². The van der Waals surface area contributed by atoms with Gasteiger partial charge in [0.15, 0.2) is 6.61 Å². The number of amides is 1. The largest absolute Gasteiger partial charge is 0.483 e. The fourth-order valence-corrected chi connectivity index (χ4v) is 2.00. The molecule has 0 spiro atoms. The number of carbonyl (C=O) groups is 2. The van der Waals surface area contributed by atoms with Gasteiger partial charge in [0.05, 0.1) is 17.1 Å². The number of methoxy groups -OCH3 is 1. The van der Waals surface area contributed by atoms with E-state index in [1.807, 2.05) is 20.8 Å². The summed E-state index contributed by atoms with van der Waals surface area (Å²) in [5.74, 6) is -0.123. The summed E-state index contributed by atoms with van der Waals surface area (Å²) in [5, 5.41) is 2.88. The van der Waals surface area contributed by atoms with Crippen molar-refractivity contribution < 1.29 is 19.1 Å². The molecule has 1 rings (SSSR count). The summed E-state index contributed by atoms with van der Waals surface area (Å²) in [6.07, 6.45) is 0.830. The van der Waals surface area contributed by atoms with Crippen LogP contribution >= 0.6 is 15.9 Å². The van der Waals surface area contributed by atoms with Gasteiger partial charge >= 0.3 is 5.97 Å². The van der Waals surface area contributed by atoms with Crippen LogP contribution in [0.2, 0.25) is 0 Å². The zero-order chi connectivity index (χ0) is 16.0. The van der Waals surface area contributed by atoms with Gasteiger partial charge in [-0.1, -0.05) is 6.92 Å². The van der Waals surface area contributed by atoms with Crippen LogP contribution < -0.4 is 10.1 Å². The lowest BCUT2D eigenvalue weighted by molar-refractivity contribution is -0.124. The van der Waals surface area contributed by atoms with Crippen molar-refractivity contribution in [3.8, 4) is 5.75 Å². The molecule has 1 aromatic carbocycles. The number of nitrogens with one attached hydrogen (secondary N) is 1. The Morgan fingerprint density at radius 3 is 2.52 bits per heavy atom. The highest BCUT2D eigenvalue weighted by molar-refractivity contribution is 9.10. The molecule has 0 unspecified atom stereocenters. The summed E-state index contributed by atoms with van der Waals surface area (Å²) >= 11 is 3.31. The molecule has 0 saturated carbocycles. The molecule has 0 aliphatic rings. The van der Waals surface area contributed by atoms with Gasteiger partial charge < -0.3 is 14.8 Å². The second-order valence-corrected chi connectivity index (χ2v) is 6.07. The van der Waals surface area contributed by atoms with Crippen LogP contribution in [0.4, 0.5) is 0 Å². The highest BCUT2D eigenvalue weighted by atomic mass is 79.9. The first-order valence-corrected chi connectivity index (χ1v) is 7.40. The van der Waals surface area contributed by atoms with Crippen molar-refractivity contribution in [3.63, 3.8) is 0 Å². The van der Waals surface area contributed by atoms with Gasteiger partial charge in [0.1, 0.15) is 5.75 Å². The summed E-state index contributed by atoms with van der Waals surface area (Å²) < 4.78 is 10.7. The van der Waals surface area contributed by atoms with E-state index in [1.54, 1.807) is 18.2 Å². The Morgan fingerprint density at radius 2 is 2.00 bits per heavy atom. The van der Waals surface area contributed by atoms with E-state index in [1.165, 1.54) is 7.11 Å². The minimum Gasteiger partial charge on any atom is -0.483 e. The molecule has 0 bridgehead atoms. The average Bonchev–Trinajstić information content (AvgIpc) is 2.44. The second-order valence-electron chi connectivity index (χ2n) is 5.21. The number of hydrogen-bond acceptors (Lipinski definition) is 4. The Balaban J connectivity index is 2.64. The van der Waals surface area contributed by atoms with Crippen LogP contribution in [0.5, 0.6) is 5.75 Å². The smallest absolute Gasteiger partial charge is 0.337 e. The first kappa shape index (κ1) is 17.5. The number of halogens is 1. The van der Waals surface area contributed by atoms with Crippen LogP contribution in [0, 0.1) is 0 Å². The van der Waals surface area contributed by atoms with E-state index >= 15 is 0 Å². The maximum Gasteiger partial charge on any atom is 0.337 e. The molecule has 116 valence electrons. The Morgan fingerprint density at radius 1 is 1.33 bits per heavy atom. The van der Waals surface area contributed by atoms with E-state index in [9.17, 15) is 9.59 Å². The van der Waals surface area contributed by atoms with Gasteiger partial charge in [0, 0.05) is 5.54 Å². The molecule has 0 saturated heterocycles. The summed E-state index contributed by atoms with van der Waals surface area (Å²) in [7, 11) is 1.32. The predicted molar refractivity (Wildman–Crippen MR) is 83.5 cm³/mol. The van der Waals surface area contributed by atoms with E-state index in [0.29, 0.717) is 15.8 Å². The van der Waals surface area contributed by atoms with E-state index in [-0.39, 0.29) is 18.1 Å². The van der Waals surface area contributed by atoms with Crippen molar-refractivity contribution in [2.24, 2.45) is 0 Å². The van der Waals surface area contributed by atoms with Crippen LogP contribution in [0.3, 0.4) is 0 Å². The zero-order valence-electron chi connectivity index (χ0n) is 12.7. The fourth-order valence-electron chi connectivity index (χ4n) is 1.51. The quantitative estimate of drug-likeness (QED) is 0.795. The van der Waals surface area contributed by atoms with Crippen molar-refractivity contribution in [1.82, 2.24) is 5.32 Å². The third-order valence-electron chi connectivity index (χ3n) is 3.07. The van der Waals surface area contributed by atoms with Crippen molar-refractivity contribution in [1.29, 1.82) is 0 Å². The van der Waals surface area contributed by atoms with E-state index in [4.69, 9.17) is 4.74 Å². The van der Waals surface area contributed by atoms with Crippen LogP contribution in [0.1, 0.15) is 37.6 Å². The topological polar surface area (TPSA) is 64.6 Å². The third-order valence-corrected chi connectivity index (χ3v) is 3.69. The fraction of sp³-hybridized carbons (Fsp3) is 0.467. The summed E-state index contributed by atoms with van der Waals surface area (Å²) in [6.45, 7) is 5.82. The highest BCUT2D eigenvalue weighted by Gasteiger charge is 2.18. The molecule has 1 N–H and O–H groups in total. The molecule has 6 heteroatoms. The second kappa shape index (κ2) is 7.45. The Kier molecular flexibility index (Phi) is 6.20. The standard InChI is InChI=1S/C15H20BrNO4/c1-5-15(2,3)17-13(18)9-21-12-7-6-10(8-11(12)16)14(19)20-4/h6-8H,5,9H2,1-4H3,(H,17,18). The maximum atomic E-state index is 11.8. The molecule has 0 aromatic heterocycles. The number of esters is 1. The number of hydrogen-bond donors (Lipinski definition) is 1. The minimum absolute atomic E-state index is 0.0837. The van der Waals surface area contributed by atoms with Gasteiger partial charge in [-0.2, -0.15) is 0 Å². The lowest BCUT2D eigenvalue weighted by Crippen LogP contribution is -2.44. The predicted octanol–water partition coefficient (Wildman–Crippen LogP) is 2.92. The van der Waals surface area contributed by atoms with Gasteiger partial charge in [0.25, 0.3) is 5.91 Å². The van der Waals surface area contributed by atoms with Gasteiger partial charge in [-0.05, 0) is 54.4 Å². The molecule has 0 atom stereocenters. The van der Waals surface area contributed by atoms with Crippen LogP contribution in [-0.2, 0) is 9.53 Å². The van der Waals surface area contributed by atoms with E-state index < -0.39 is 5.97 Å². The van der Waals surface area contributed by atoms with Gasteiger partial charge in [-0.3, -0.25) is 4.79 Å². The van der Waals surface area contributed by atoms with Crippen LogP contribution in [0.15, 0.2) is 22.7 Å². The van der Waals surface area contributed by atoms with E-state index in [0.717, 1.165) is 6.42 Å². The summed E-state index contributed by atoms with van der Waals surface area (Å²) in [5.41, 5.74) is 0.153. The summed E-state index contributed by atoms with van der Waals surface area (Å²) in [6, 6.07) is 4.80. The van der Waals surface area contributed by atoms with Crippen molar-refractivity contribution in [3.05, 3.63) is 28.2 Å². The number of carbonyl (C=O) groups excluding carboxylic acids is 2. The normalized spacial score (nSPS) is 10.9. The number of ether oxygens (including phenoxy) is 2. The highest BCUT2D eigenvalue weighted by Crippen LogP contribution is 2.26. The lowest BCUT2D eigenvalue weighted by Gasteiger charge is -2.24. The van der Waals surface area contributed by atoms with Crippen molar-refractivity contribution in [2.75, 3.05) is 13.7 Å². The minimum atomic E-state index is -0.426. The molecule has 1 amide bonds.